The molecule has 4 rings (SSSR count). The summed E-state index contributed by atoms with van der Waals surface area (Å²) in [7, 11) is 1.63. The first-order chi connectivity index (χ1) is 12.7. The predicted molar refractivity (Wildman–Crippen MR) is 102 cm³/mol. The van der Waals surface area contributed by atoms with Crippen LogP contribution in [0.25, 0.3) is 0 Å². The van der Waals surface area contributed by atoms with Crippen LogP contribution in [0.4, 0.5) is 9.18 Å². The maximum Gasteiger partial charge on any atom is 0.317 e. The Balaban J connectivity index is 0.000000339. The zero-order valence-corrected chi connectivity index (χ0v) is 15.2. The maximum absolute atomic E-state index is 13.2. The average molecular weight is 355 g/mol. The molecule has 2 aliphatic heterocycles. The molecule has 0 saturated carbocycles. The molecule has 2 aromatic carbocycles. The molecular formula is C21H26FN3O. The van der Waals surface area contributed by atoms with E-state index in [0.29, 0.717) is 6.54 Å². The lowest BCUT2D eigenvalue weighted by molar-refractivity contribution is 0.182. The summed E-state index contributed by atoms with van der Waals surface area (Å²) < 4.78 is 13.2. The molecule has 138 valence electrons. The van der Waals surface area contributed by atoms with E-state index in [1.54, 1.807) is 24.1 Å². The van der Waals surface area contributed by atoms with Gasteiger partial charge in [-0.15, -0.1) is 0 Å². The third kappa shape index (κ3) is 4.22. The third-order valence-electron chi connectivity index (χ3n) is 4.90. The summed E-state index contributed by atoms with van der Waals surface area (Å²) in [4.78, 5) is 14.0. The summed E-state index contributed by atoms with van der Waals surface area (Å²) in [6, 6.07) is 14.2. The average Bonchev–Trinajstić information content (AvgIpc) is 3.27. The molecule has 0 radical (unpaired) electrons. The highest BCUT2D eigenvalue weighted by Gasteiger charge is 2.31. The lowest BCUT2D eigenvalue weighted by atomic mass is 9.88. The Kier molecular flexibility index (Phi) is 6.23. The Morgan fingerprint density at radius 1 is 1.12 bits per heavy atom. The van der Waals surface area contributed by atoms with E-state index in [4.69, 9.17) is 0 Å². The van der Waals surface area contributed by atoms with E-state index < -0.39 is 0 Å². The van der Waals surface area contributed by atoms with Gasteiger partial charge in [-0.2, -0.15) is 0 Å². The van der Waals surface area contributed by atoms with Crippen LogP contribution >= 0.6 is 0 Å². The number of rotatable bonds is 1. The number of carbonyl (C=O) groups is 1. The van der Waals surface area contributed by atoms with Crippen molar-refractivity contribution in [3.05, 3.63) is 71.0 Å². The number of hydrogen-bond acceptors (Lipinski definition) is 2. The Hall–Kier alpha value is -2.40. The van der Waals surface area contributed by atoms with Gasteiger partial charge in [0.25, 0.3) is 0 Å². The van der Waals surface area contributed by atoms with Gasteiger partial charge in [0.1, 0.15) is 5.82 Å². The molecule has 26 heavy (non-hydrogen) atoms. The van der Waals surface area contributed by atoms with Crippen molar-refractivity contribution in [2.75, 3.05) is 26.7 Å². The molecule has 1 unspecified atom stereocenters. The van der Waals surface area contributed by atoms with Crippen LogP contribution in [0.2, 0.25) is 0 Å². The minimum absolute atomic E-state index is 0.112. The molecule has 4 nitrogen and oxygen atoms in total. The van der Waals surface area contributed by atoms with Gasteiger partial charge in [0.05, 0.1) is 6.04 Å². The van der Waals surface area contributed by atoms with Gasteiger partial charge in [-0.05, 0) is 61.2 Å². The zero-order chi connectivity index (χ0) is 18.4. The van der Waals surface area contributed by atoms with Gasteiger partial charge in [0.2, 0.25) is 0 Å². The molecule has 0 aliphatic carbocycles. The second-order valence-electron chi connectivity index (χ2n) is 6.61. The summed E-state index contributed by atoms with van der Waals surface area (Å²) in [6.45, 7) is 3.15. The number of halogens is 1. The molecule has 5 heteroatoms. The van der Waals surface area contributed by atoms with Crippen molar-refractivity contribution in [1.82, 2.24) is 15.5 Å². The Morgan fingerprint density at radius 2 is 1.81 bits per heavy atom. The number of nitrogens with zero attached hydrogens (tertiary/aromatic N) is 1. The van der Waals surface area contributed by atoms with E-state index in [1.807, 2.05) is 18.2 Å². The Labute approximate surface area is 154 Å². The van der Waals surface area contributed by atoms with Gasteiger partial charge in [0.15, 0.2) is 0 Å². The molecule has 0 bridgehead atoms. The SMILES string of the molecule is C1CCNC1.CNC(=O)N1CCc2ccccc2C1c1ccc(F)cc1. The van der Waals surface area contributed by atoms with Gasteiger partial charge in [-0.1, -0.05) is 36.4 Å². The van der Waals surface area contributed by atoms with Crippen LogP contribution in [0.15, 0.2) is 48.5 Å². The monoisotopic (exact) mass is 355 g/mol. The molecule has 0 spiro atoms. The Bertz CT molecular complexity index is 721. The van der Waals surface area contributed by atoms with Gasteiger partial charge >= 0.3 is 6.03 Å². The lowest BCUT2D eigenvalue weighted by Gasteiger charge is -2.37. The molecule has 2 heterocycles. The second kappa shape index (κ2) is 8.81. The van der Waals surface area contributed by atoms with Crippen LogP contribution in [-0.4, -0.2) is 37.6 Å². The molecule has 2 aliphatic rings. The van der Waals surface area contributed by atoms with E-state index in [1.165, 1.54) is 43.6 Å². The van der Waals surface area contributed by atoms with Crippen LogP contribution in [0.3, 0.4) is 0 Å². The second-order valence-corrected chi connectivity index (χ2v) is 6.61. The van der Waals surface area contributed by atoms with Crippen LogP contribution in [0, 0.1) is 5.82 Å². The number of amides is 2. The first-order valence-corrected chi connectivity index (χ1v) is 9.23. The van der Waals surface area contributed by atoms with Crippen molar-refractivity contribution in [3.63, 3.8) is 0 Å². The highest BCUT2D eigenvalue weighted by Crippen LogP contribution is 2.35. The maximum atomic E-state index is 13.2. The number of carbonyl (C=O) groups excluding carboxylic acids is 1. The normalized spacial score (nSPS) is 18.5. The van der Waals surface area contributed by atoms with Crippen LogP contribution in [0.1, 0.15) is 35.6 Å². The number of hydrogen-bond donors (Lipinski definition) is 2. The fourth-order valence-corrected chi connectivity index (χ4v) is 3.56. The molecule has 2 aromatic rings. The molecular weight excluding hydrogens is 329 g/mol. The van der Waals surface area contributed by atoms with Crippen molar-refractivity contribution in [2.45, 2.75) is 25.3 Å². The standard InChI is InChI=1S/C17H17FN2O.C4H9N/c1-19-17(21)20-11-10-12-4-2-3-5-15(12)16(20)13-6-8-14(18)9-7-13;1-2-4-5-3-1/h2-9,16H,10-11H2,1H3,(H,19,21);5H,1-4H2. The summed E-state index contributed by atoms with van der Waals surface area (Å²) in [5.41, 5.74) is 3.28. The largest absolute Gasteiger partial charge is 0.341 e. The smallest absolute Gasteiger partial charge is 0.317 e. The zero-order valence-electron chi connectivity index (χ0n) is 15.2. The molecule has 1 saturated heterocycles. The van der Waals surface area contributed by atoms with Crippen molar-refractivity contribution in [2.24, 2.45) is 0 Å². The molecule has 2 amide bonds. The molecule has 2 N–H and O–H groups in total. The highest BCUT2D eigenvalue weighted by atomic mass is 19.1. The first kappa shape index (κ1) is 18.4. The summed E-state index contributed by atoms with van der Waals surface area (Å²) >= 11 is 0. The van der Waals surface area contributed by atoms with E-state index in [9.17, 15) is 9.18 Å². The number of urea groups is 1. The topological polar surface area (TPSA) is 44.4 Å². The van der Waals surface area contributed by atoms with Gasteiger partial charge in [0, 0.05) is 13.6 Å². The Morgan fingerprint density at radius 3 is 2.42 bits per heavy atom. The summed E-state index contributed by atoms with van der Waals surface area (Å²) in [6.07, 6.45) is 3.61. The number of nitrogens with one attached hydrogen (secondary N) is 2. The molecule has 0 aromatic heterocycles. The van der Waals surface area contributed by atoms with Crippen molar-refractivity contribution in [3.8, 4) is 0 Å². The predicted octanol–water partition coefficient (Wildman–Crippen LogP) is 3.48. The van der Waals surface area contributed by atoms with Crippen LogP contribution < -0.4 is 10.6 Å². The first-order valence-electron chi connectivity index (χ1n) is 9.23. The van der Waals surface area contributed by atoms with Gasteiger partial charge in [-0.25, -0.2) is 9.18 Å². The molecule has 1 fully saturated rings. The third-order valence-corrected chi connectivity index (χ3v) is 4.90. The quantitative estimate of drug-likeness (QED) is 0.823. The minimum Gasteiger partial charge on any atom is -0.341 e. The fourth-order valence-electron chi connectivity index (χ4n) is 3.56. The van der Waals surface area contributed by atoms with Gasteiger partial charge < -0.3 is 15.5 Å². The van der Waals surface area contributed by atoms with Crippen molar-refractivity contribution in [1.29, 1.82) is 0 Å². The summed E-state index contributed by atoms with van der Waals surface area (Å²) in [5, 5.41) is 5.91. The summed E-state index contributed by atoms with van der Waals surface area (Å²) in [5.74, 6) is -0.269. The van der Waals surface area contributed by atoms with E-state index in [0.717, 1.165) is 17.5 Å². The van der Waals surface area contributed by atoms with Gasteiger partial charge in [-0.3, -0.25) is 0 Å². The number of benzene rings is 2. The molecule has 1 atom stereocenters. The minimum atomic E-state index is -0.269. The van der Waals surface area contributed by atoms with E-state index in [-0.39, 0.29) is 17.9 Å². The van der Waals surface area contributed by atoms with Crippen molar-refractivity contribution >= 4 is 6.03 Å². The van der Waals surface area contributed by atoms with Crippen LogP contribution in [-0.2, 0) is 6.42 Å². The van der Waals surface area contributed by atoms with E-state index >= 15 is 0 Å². The number of fused-ring (bicyclic) bond motifs is 1. The lowest BCUT2D eigenvalue weighted by Crippen LogP contribution is -2.44. The van der Waals surface area contributed by atoms with Crippen molar-refractivity contribution < 1.29 is 9.18 Å². The fraction of sp³-hybridized carbons (Fsp3) is 0.381. The highest BCUT2D eigenvalue weighted by molar-refractivity contribution is 5.75. The van der Waals surface area contributed by atoms with E-state index in [2.05, 4.69) is 16.7 Å². The van der Waals surface area contributed by atoms with Crippen LogP contribution in [0.5, 0.6) is 0 Å².